The van der Waals surface area contributed by atoms with Crippen LogP contribution in [0.3, 0.4) is 0 Å². The van der Waals surface area contributed by atoms with Gasteiger partial charge in [-0.25, -0.2) is 10.8 Å². The minimum absolute atomic E-state index is 0.109. The summed E-state index contributed by atoms with van der Waals surface area (Å²) in [6, 6.07) is 5.49. The second-order valence-electron chi connectivity index (χ2n) is 5.07. The number of nitrogens with zero attached hydrogens (tertiary/aromatic N) is 1. The number of amides is 1. The van der Waals surface area contributed by atoms with Gasteiger partial charge in [0.15, 0.2) is 0 Å². The number of nitrogens with one attached hydrogen (secondary N) is 2. The van der Waals surface area contributed by atoms with Gasteiger partial charge in [0.1, 0.15) is 11.5 Å². The molecule has 5 nitrogen and oxygen atoms in total. The molecule has 0 aromatic carbocycles. The Hall–Kier alpha value is -1.62. The number of nitrogen functional groups attached to an aromatic ring is 1. The maximum Gasteiger partial charge on any atom is 0.270 e. The van der Waals surface area contributed by atoms with Crippen LogP contribution in [0.1, 0.15) is 55.4 Å². The lowest BCUT2D eigenvalue weighted by Crippen LogP contribution is -2.35. The van der Waals surface area contributed by atoms with Gasteiger partial charge in [-0.05, 0) is 25.0 Å². The molecule has 0 atom stereocenters. The first kappa shape index (κ1) is 13.8. The van der Waals surface area contributed by atoms with Gasteiger partial charge in [0.2, 0.25) is 0 Å². The predicted molar refractivity (Wildman–Crippen MR) is 75.6 cm³/mol. The maximum absolute atomic E-state index is 12.1. The van der Waals surface area contributed by atoms with Crippen molar-refractivity contribution in [2.45, 2.75) is 51.0 Å². The van der Waals surface area contributed by atoms with E-state index in [1.54, 1.807) is 18.2 Å². The van der Waals surface area contributed by atoms with Gasteiger partial charge in [-0.1, -0.05) is 38.2 Å². The largest absolute Gasteiger partial charge is 0.348 e. The van der Waals surface area contributed by atoms with Crippen LogP contribution in [0, 0.1) is 0 Å². The van der Waals surface area contributed by atoms with Crippen molar-refractivity contribution in [3.8, 4) is 0 Å². The van der Waals surface area contributed by atoms with Crippen LogP contribution in [-0.4, -0.2) is 16.9 Å². The molecule has 0 bridgehead atoms. The van der Waals surface area contributed by atoms with Gasteiger partial charge in [0, 0.05) is 6.04 Å². The first-order valence-electron chi connectivity index (χ1n) is 7.04. The van der Waals surface area contributed by atoms with Crippen LogP contribution >= 0.6 is 0 Å². The average Bonchev–Trinajstić information content (AvgIpc) is 2.41. The maximum atomic E-state index is 12.1. The molecule has 1 aromatic rings. The Balaban J connectivity index is 1.94. The summed E-state index contributed by atoms with van der Waals surface area (Å²) < 4.78 is 0. The molecule has 0 radical (unpaired) electrons. The van der Waals surface area contributed by atoms with Crippen molar-refractivity contribution in [2.75, 3.05) is 5.43 Å². The Morgan fingerprint density at radius 3 is 2.53 bits per heavy atom. The van der Waals surface area contributed by atoms with Crippen molar-refractivity contribution >= 4 is 11.7 Å². The number of carbonyl (C=O) groups excluding carboxylic acids is 1. The Kier molecular flexibility index (Phi) is 5.15. The summed E-state index contributed by atoms with van der Waals surface area (Å²) in [7, 11) is 0. The summed E-state index contributed by atoms with van der Waals surface area (Å²) in [6.45, 7) is 0. The molecule has 1 aliphatic carbocycles. The monoisotopic (exact) mass is 262 g/mol. The van der Waals surface area contributed by atoms with E-state index in [4.69, 9.17) is 5.84 Å². The number of anilines is 1. The van der Waals surface area contributed by atoms with Gasteiger partial charge < -0.3 is 10.7 Å². The number of hydrazine groups is 1. The third-order valence-corrected chi connectivity index (χ3v) is 3.57. The van der Waals surface area contributed by atoms with E-state index in [2.05, 4.69) is 15.7 Å². The number of nitrogens with two attached hydrogens (primary N) is 1. The number of hydrogen-bond acceptors (Lipinski definition) is 4. The molecule has 0 unspecified atom stereocenters. The molecule has 1 saturated carbocycles. The molecule has 1 aromatic heterocycles. The summed E-state index contributed by atoms with van der Waals surface area (Å²) in [5.74, 6) is 5.69. The molecule has 1 aliphatic rings. The lowest BCUT2D eigenvalue weighted by molar-refractivity contribution is 0.0925. The molecule has 1 fully saturated rings. The topological polar surface area (TPSA) is 80.0 Å². The molecule has 0 aliphatic heterocycles. The van der Waals surface area contributed by atoms with E-state index in [9.17, 15) is 4.79 Å². The summed E-state index contributed by atoms with van der Waals surface area (Å²) in [5.41, 5.74) is 2.87. The van der Waals surface area contributed by atoms with Crippen LogP contribution < -0.4 is 16.6 Å². The standard InChI is InChI=1S/C14H22N4O/c15-18-13-10-6-9-12(17-13)14(19)16-11-7-4-2-1-3-5-8-11/h6,9-11H,1-5,7-8,15H2,(H,16,19)(H,17,18). The van der Waals surface area contributed by atoms with E-state index in [1.807, 2.05) is 0 Å². The minimum Gasteiger partial charge on any atom is -0.348 e. The summed E-state index contributed by atoms with van der Waals surface area (Å²) in [5, 5.41) is 3.08. The van der Waals surface area contributed by atoms with Crippen molar-refractivity contribution in [1.29, 1.82) is 0 Å². The predicted octanol–water partition coefficient (Wildman–Crippen LogP) is 2.21. The fourth-order valence-corrected chi connectivity index (χ4v) is 2.50. The highest BCUT2D eigenvalue weighted by Crippen LogP contribution is 2.17. The van der Waals surface area contributed by atoms with Crippen molar-refractivity contribution < 1.29 is 4.79 Å². The van der Waals surface area contributed by atoms with E-state index in [0.717, 1.165) is 12.8 Å². The highest BCUT2D eigenvalue weighted by atomic mass is 16.1. The van der Waals surface area contributed by atoms with E-state index < -0.39 is 0 Å². The van der Waals surface area contributed by atoms with E-state index in [0.29, 0.717) is 11.5 Å². The van der Waals surface area contributed by atoms with Gasteiger partial charge in [0.05, 0.1) is 0 Å². The van der Waals surface area contributed by atoms with Crippen molar-refractivity contribution in [3.05, 3.63) is 23.9 Å². The molecule has 1 amide bonds. The van der Waals surface area contributed by atoms with Gasteiger partial charge in [0.25, 0.3) is 5.91 Å². The normalized spacial score (nSPS) is 17.3. The number of rotatable bonds is 3. The van der Waals surface area contributed by atoms with Crippen LogP contribution in [0.15, 0.2) is 18.2 Å². The third-order valence-electron chi connectivity index (χ3n) is 3.57. The molecule has 4 N–H and O–H groups in total. The van der Waals surface area contributed by atoms with Crippen LogP contribution in [0.25, 0.3) is 0 Å². The molecule has 0 saturated heterocycles. The van der Waals surface area contributed by atoms with Gasteiger partial charge in [-0.2, -0.15) is 0 Å². The van der Waals surface area contributed by atoms with Crippen molar-refractivity contribution in [1.82, 2.24) is 10.3 Å². The Labute approximate surface area is 114 Å². The van der Waals surface area contributed by atoms with Crippen molar-refractivity contribution in [3.63, 3.8) is 0 Å². The summed E-state index contributed by atoms with van der Waals surface area (Å²) in [6.07, 6.45) is 8.41. The fourth-order valence-electron chi connectivity index (χ4n) is 2.50. The zero-order valence-corrected chi connectivity index (χ0v) is 11.2. The van der Waals surface area contributed by atoms with Crippen LogP contribution in [0.4, 0.5) is 5.82 Å². The zero-order chi connectivity index (χ0) is 13.5. The molecular formula is C14H22N4O. The number of hydrogen-bond donors (Lipinski definition) is 3. The number of carbonyl (C=O) groups is 1. The Morgan fingerprint density at radius 1 is 1.16 bits per heavy atom. The number of aromatic nitrogens is 1. The van der Waals surface area contributed by atoms with Gasteiger partial charge >= 0.3 is 0 Å². The quantitative estimate of drug-likeness (QED) is 0.576. The van der Waals surface area contributed by atoms with E-state index >= 15 is 0 Å². The van der Waals surface area contributed by atoms with Crippen molar-refractivity contribution in [2.24, 2.45) is 5.84 Å². The second kappa shape index (κ2) is 7.09. The molecule has 0 spiro atoms. The van der Waals surface area contributed by atoms with Gasteiger partial charge in [-0.3, -0.25) is 4.79 Å². The lowest BCUT2D eigenvalue weighted by atomic mass is 9.96. The zero-order valence-electron chi connectivity index (χ0n) is 11.2. The molecular weight excluding hydrogens is 240 g/mol. The molecule has 5 heteroatoms. The molecule has 1 heterocycles. The third kappa shape index (κ3) is 4.21. The SMILES string of the molecule is NNc1cccc(C(=O)NC2CCCCCCC2)n1. The summed E-state index contributed by atoms with van der Waals surface area (Å²) in [4.78, 5) is 16.3. The fraction of sp³-hybridized carbons (Fsp3) is 0.571. The summed E-state index contributed by atoms with van der Waals surface area (Å²) >= 11 is 0. The van der Waals surface area contributed by atoms with E-state index in [1.165, 1.54) is 32.1 Å². The Bertz CT molecular complexity index is 414. The van der Waals surface area contributed by atoms with Gasteiger partial charge in [-0.15, -0.1) is 0 Å². The molecule has 19 heavy (non-hydrogen) atoms. The number of pyridine rings is 1. The smallest absolute Gasteiger partial charge is 0.270 e. The average molecular weight is 262 g/mol. The van der Waals surface area contributed by atoms with Crippen LogP contribution in [0.5, 0.6) is 0 Å². The highest BCUT2D eigenvalue weighted by molar-refractivity contribution is 5.92. The Morgan fingerprint density at radius 2 is 1.84 bits per heavy atom. The minimum atomic E-state index is -0.109. The molecule has 104 valence electrons. The highest BCUT2D eigenvalue weighted by Gasteiger charge is 2.16. The van der Waals surface area contributed by atoms with Crippen LogP contribution in [-0.2, 0) is 0 Å². The van der Waals surface area contributed by atoms with E-state index in [-0.39, 0.29) is 11.9 Å². The molecule has 2 rings (SSSR count). The van der Waals surface area contributed by atoms with Crippen LogP contribution in [0.2, 0.25) is 0 Å². The second-order valence-corrected chi connectivity index (χ2v) is 5.07. The lowest BCUT2D eigenvalue weighted by Gasteiger charge is -2.20. The first-order valence-corrected chi connectivity index (χ1v) is 7.04. The first-order chi connectivity index (χ1) is 9.29.